The van der Waals surface area contributed by atoms with Crippen LogP contribution < -0.4 is 15.4 Å². The van der Waals surface area contributed by atoms with Gasteiger partial charge in [0.15, 0.2) is 10.8 Å². The summed E-state index contributed by atoms with van der Waals surface area (Å²) in [6.45, 7) is 1.87. The lowest BCUT2D eigenvalue weighted by molar-refractivity contribution is -0.141. The van der Waals surface area contributed by atoms with Gasteiger partial charge in [-0.15, -0.1) is 0 Å². The van der Waals surface area contributed by atoms with E-state index in [-0.39, 0.29) is 23.0 Å². The molecule has 2 aromatic rings. The van der Waals surface area contributed by atoms with Crippen molar-refractivity contribution in [2.45, 2.75) is 19.1 Å². The Morgan fingerprint density at radius 1 is 1.21 bits per heavy atom. The Hall–Kier alpha value is -2.42. The largest absolute Gasteiger partial charge is 0.481 e. The molecular formula is C15H15F3N4OS. The zero-order chi connectivity index (χ0) is 17.7. The minimum absolute atomic E-state index is 0.104. The number of rotatable bonds is 4. The van der Waals surface area contributed by atoms with E-state index in [0.717, 1.165) is 5.56 Å². The average Bonchev–Trinajstić information content (AvgIpc) is 2.54. The average molecular weight is 356 g/mol. The molecular weight excluding hydrogens is 341 g/mol. The molecule has 1 heterocycles. The van der Waals surface area contributed by atoms with Gasteiger partial charge in [0.25, 0.3) is 0 Å². The molecule has 0 aliphatic rings. The highest BCUT2D eigenvalue weighted by Crippen LogP contribution is 2.30. The Balaban J connectivity index is 2.11. The number of benzene rings is 1. The number of nitrogens with one attached hydrogen (secondary N) is 2. The number of nitrogens with zero attached hydrogens (tertiary/aromatic N) is 2. The maximum atomic E-state index is 12.8. The summed E-state index contributed by atoms with van der Waals surface area (Å²) < 4.78 is 43.3. The van der Waals surface area contributed by atoms with Crippen molar-refractivity contribution in [1.82, 2.24) is 15.3 Å². The summed E-state index contributed by atoms with van der Waals surface area (Å²) in [6.07, 6.45) is -4.61. The highest BCUT2D eigenvalue weighted by Gasteiger charge is 2.34. The Morgan fingerprint density at radius 3 is 2.46 bits per heavy atom. The maximum absolute atomic E-state index is 12.8. The van der Waals surface area contributed by atoms with Crippen molar-refractivity contribution in [2.75, 3.05) is 12.4 Å². The molecule has 0 bridgehead atoms. The molecule has 1 unspecified atom stereocenters. The van der Waals surface area contributed by atoms with Gasteiger partial charge in [-0.05, 0) is 24.7 Å². The van der Waals surface area contributed by atoms with Gasteiger partial charge in [0.1, 0.15) is 0 Å². The second-order valence-corrected chi connectivity index (χ2v) is 5.26. The van der Waals surface area contributed by atoms with Crippen molar-refractivity contribution in [3.05, 3.63) is 47.7 Å². The molecule has 2 rings (SSSR count). The van der Waals surface area contributed by atoms with Crippen LogP contribution in [0.2, 0.25) is 0 Å². The third-order valence-electron chi connectivity index (χ3n) is 3.07. The smallest absolute Gasteiger partial charge is 0.433 e. The Labute approximate surface area is 142 Å². The van der Waals surface area contributed by atoms with Crippen LogP contribution in [0.25, 0.3) is 0 Å². The van der Waals surface area contributed by atoms with E-state index in [1.165, 1.54) is 7.11 Å². The van der Waals surface area contributed by atoms with E-state index in [1.807, 2.05) is 37.3 Å². The van der Waals surface area contributed by atoms with Crippen LogP contribution in [0.15, 0.2) is 36.4 Å². The Bertz CT molecular complexity index is 710. The number of alkyl halides is 3. The third-order valence-corrected chi connectivity index (χ3v) is 3.29. The number of ether oxygens (including phenoxy) is 1. The number of thiocarbonyl (C=S) groups is 1. The van der Waals surface area contributed by atoms with Crippen LogP contribution in [-0.4, -0.2) is 22.2 Å². The molecule has 24 heavy (non-hydrogen) atoms. The maximum Gasteiger partial charge on any atom is 0.433 e. The molecule has 0 radical (unpaired) electrons. The fourth-order valence-electron chi connectivity index (χ4n) is 1.89. The van der Waals surface area contributed by atoms with Crippen molar-refractivity contribution < 1.29 is 17.9 Å². The van der Waals surface area contributed by atoms with Crippen molar-refractivity contribution in [2.24, 2.45) is 0 Å². The molecule has 0 aliphatic heterocycles. The second kappa shape index (κ2) is 7.43. The predicted octanol–water partition coefficient (Wildman–Crippen LogP) is 3.55. The number of anilines is 1. The summed E-state index contributed by atoms with van der Waals surface area (Å²) in [6, 6.07) is 10.0. The summed E-state index contributed by atoms with van der Waals surface area (Å²) in [5.74, 6) is -0.502. The lowest BCUT2D eigenvalue weighted by Crippen LogP contribution is -2.31. The topological polar surface area (TPSA) is 59.1 Å². The van der Waals surface area contributed by atoms with E-state index in [9.17, 15) is 13.2 Å². The summed E-state index contributed by atoms with van der Waals surface area (Å²) in [4.78, 5) is 7.23. The zero-order valence-electron chi connectivity index (χ0n) is 12.9. The molecule has 128 valence electrons. The van der Waals surface area contributed by atoms with Crippen molar-refractivity contribution in [1.29, 1.82) is 0 Å². The first-order chi connectivity index (χ1) is 11.3. The van der Waals surface area contributed by atoms with Crippen molar-refractivity contribution in [3.8, 4) is 5.88 Å². The van der Waals surface area contributed by atoms with E-state index in [4.69, 9.17) is 17.0 Å². The first kappa shape index (κ1) is 17.9. The summed E-state index contributed by atoms with van der Waals surface area (Å²) >= 11 is 5.10. The normalized spacial score (nSPS) is 12.4. The number of aromatic nitrogens is 2. The second-order valence-electron chi connectivity index (χ2n) is 4.85. The van der Waals surface area contributed by atoms with Gasteiger partial charge in [0, 0.05) is 6.07 Å². The van der Waals surface area contributed by atoms with Gasteiger partial charge >= 0.3 is 6.18 Å². The quantitative estimate of drug-likeness (QED) is 0.817. The van der Waals surface area contributed by atoms with Crippen LogP contribution in [0.1, 0.15) is 24.2 Å². The standard InChI is InChI=1S/C15H15F3N4OS/c1-9(10-6-4-3-5-7-10)19-14(24)22-13-20-11(15(16,17)18)8-12(21-13)23-2/h3-9H,1-2H3,(H2,19,20,21,22,24). The van der Waals surface area contributed by atoms with Crippen LogP contribution in [-0.2, 0) is 6.18 Å². The van der Waals surface area contributed by atoms with Gasteiger partial charge in [0.05, 0.1) is 13.2 Å². The monoisotopic (exact) mass is 356 g/mol. The molecule has 1 atom stereocenters. The van der Waals surface area contributed by atoms with Gasteiger partial charge in [0.2, 0.25) is 11.8 Å². The highest BCUT2D eigenvalue weighted by atomic mass is 32.1. The molecule has 0 spiro atoms. The molecule has 9 heteroatoms. The zero-order valence-corrected chi connectivity index (χ0v) is 13.7. The minimum Gasteiger partial charge on any atom is -0.481 e. The molecule has 0 saturated carbocycles. The first-order valence-corrected chi connectivity index (χ1v) is 7.33. The number of methoxy groups -OCH3 is 1. The van der Waals surface area contributed by atoms with E-state index in [1.54, 1.807) is 0 Å². The molecule has 0 amide bonds. The molecule has 1 aromatic carbocycles. The van der Waals surface area contributed by atoms with Crippen LogP contribution >= 0.6 is 12.2 Å². The lowest BCUT2D eigenvalue weighted by atomic mass is 10.1. The van der Waals surface area contributed by atoms with Gasteiger partial charge in [-0.25, -0.2) is 4.98 Å². The van der Waals surface area contributed by atoms with E-state index in [2.05, 4.69) is 20.6 Å². The third kappa shape index (κ3) is 4.79. The molecule has 0 aliphatic carbocycles. The summed E-state index contributed by atoms with van der Waals surface area (Å²) in [7, 11) is 1.22. The van der Waals surface area contributed by atoms with Crippen LogP contribution in [0.5, 0.6) is 5.88 Å². The van der Waals surface area contributed by atoms with E-state index < -0.39 is 11.9 Å². The first-order valence-electron chi connectivity index (χ1n) is 6.92. The molecule has 5 nitrogen and oxygen atoms in total. The van der Waals surface area contributed by atoms with Crippen LogP contribution in [0.3, 0.4) is 0 Å². The summed E-state index contributed by atoms with van der Waals surface area (Å²) in [5, 5.41) is 5.61. The number of hydrogen-bond acceptors (Lipinski definition) is 4. The molecule has 0 saturated heterocycles. The SMILES string of the molecule is COc1cc(C(F)(F)F)nc(NC(=S)NC(C)c2ccccc2)n1. The molecule has 0 fully saturated rings. The number of hydrogen-bond donors (Lipinski definition) is 2. The molecule has 2 N–H and O–H groups in total. The number of halogens is 3. The van der Waals surface area contributed by atoms with Crippen molar-refractivity contribution in [3.63, 3.8) is 0 Å². The van der Waals surface area contributed by atoms with Gasteiger partial charge in [-0.3, -0.25) is 0 Å². The van der Waals surface area contributed by atoms with E-state index in [0.29, 0.717) is 6.07 Å². The van der Waals surface area contributed by atoms with Crippen LogP contribution in [0.4, 0.5) is 19.1 Å². The Kier molecular flexibility index (Phi) is 5.55. The van der Waals surface area contributed by atoms with Gasteiger partial charge in [-0.2, -0.15) is 18.2 Å². The predicted molar refractivity (Wildman–Crippen MR) is 87.8 cm³/mol. The fourth-order valence-corrected chi connectivity index (χ4v) is 2.16. The lowest BCUT2D eigenvalue weighted by Gasteiger charge is -2.17. The Morgan fingerprint density at radius 2 is 1.88 bits per heavy atom. The van der Waals surface area contributed by atoms with Gasteiger partial charge < -0.3 is 15.4 Å². The highest BCUT2D eigenvalue weighted by molar-refractivity contribution is 7.80. The van der Waals surface area contributed by atoms with Crippen molar-refractivity contribution >= 4 is 23.3 Å². The van der Waals surface area contributed by atoms with Gasteiger partial charge in [-0.1, -0.05) is 30.3 Å². The fraction of sp³-hybridized carbons (Fsp3) is 0.267. The summed E-state index contributed by atoms with van der Waals surface area (Å²) in [5.41, 5.74) is -0.139. The van der Waals surface area contributed by atoms with Crippen LogP contribution in [0, 0.1) is 0 Å². The minimum atomic E-state index is -4.61. The van der Waals surface area contributed by atoms with E-state index >= 15 is 0 Å². The molecule has 1 aromatic heterocycles.